The van der Waals surface area contributed by atoms with Gasteiger partial charge in [0, 0.05) is 25.8 Å². The van der Waals surface area contributed by atoms with Gasteiger partial charge in [0.25, 0.3) is 0 Å². The van der Waals surface area contributed by atoms with Gasteiger partial charge in [0.15, 0.2) is 0 Å². The zero-order chi connectivity index (χ0) is 15.0. The van der Waals surface area contributed by atoms with E-state index in [0.29, 0.717) is 6.61 Å². The number of hydrogen-bond acceptors (Lipinski definition) is 3. The van der Waals surface area contributed by atoms with Crippen LogP contribution < -0.4 is 10.4 Å². The van der Waals surface area contributed by atoms with Gasteiger partial charge in [-0.3, -0.25) is 9.13 Å². The molecule has 1 fully saturated rings. The molecule has 114 valence electrons. The molecule has 1 aromatic carbocycles. The first-order chi connectivity index (χ1) is 10.1. The summed E-state index contributed by atoms with van der Waals surface area (Å²) in [5.74, 6) is 0.787. The summed E-state index contributed by atoms with van der Waals surface area (Å²) in [6.07, 6.45) is 2.37. The molecule has 1 atom stereocenters. The van der Waals surface area contributed by atoms with Crippen molar-refractivity contribution in [2.24, 2.45) is 7.05 Å². The van der Waals surface area contributed by atoms with Gasteiger partial charge in [0.05, 0.1) is 17.1 Å². The van der Waals surface area contributed by atoms with Gasteiger partial charge >= 0.3 is 5.69 Å². The summed E-state index contributed by atoms with van der Waals surface area (Å²) in [4.78, 5) is 12.3. The fraction of sp³-hybridized carbons (Fsp3) is 0.562. The van der Waals surface area contributed by atoms with E-state index in [0.717, 1.165) is 36.2 Å². The third-order valence-corrected chi connectivity index (χ3v) is 4.04. The normalized spacial score (nSPS) is 18.8. The van der Waals surface area contributed by atoms with Crippen LogP contribution in [-0.2, 0) is 11.8 Å². The van der Waals surface area contributed by atoms with E-state index in [2.05, 4.69) is 0 Å². The molecule has 5 heteroatoms. The number of ether oxygens (including phenoxy) is 2. The number of imidazole rings is 1. The lowest BCUT2D eigenvalue weighted by molar-refractivity contribution is 0.0680. The Hall–Kier alpha value is -1.75. The Morgan fingerprint density at radius 1 is 1.38 bits per heavy atom. The third-order valence-electron chi connectivity index (χ3n) is 4.04. The molecule has 1 aliphatic heterocycles. The summed E-state index contributed by atoms with van der Waals surface area (Å²) in [5, 5.41) is 0. The highest BCUT2D eigenvalue weighted by Crippen LogP contribution is 2.23. The number of aromatic nitrogens is 2. The summed E-state index contributed by atoms with van der Waals surface area (Å²) in [6, 6.07) is 5.96. The van der Waals surface area contributed by atoms with E-state index in [1.165, 1.54) is 0 Å². The van der Waals surface area contributed by atoms with Gasteiger partial charge in [-0.2, -0.15) is 0 Å². The third kappa shape index (κ3) is 2.58. The minimum absolute atomic E-state index is 0.0104. The molecule has 0 N–H and O–H groups in total. The van der Waals surface area contributed by atoms with Gasteiger partial charge in [-0.1, -0.05) is 0 Å². The molecule has 1 aliphatic rings. The molecule has 2 heterocycles. The first-order valence-corrected chi connectivity index (χ1v) is 7.53. The first kappa shape index (κ1) is 14.2. The van der Waals surface area contributed by atoms with Crippen molar-refractivity contribution >= 4 is 11.0 Å². The highest BCUT2D eigenvalue weighted by molar-refractivity contribution is 5.78. The van der Waals surface area contributed by atoms with E-state index in [1.54, 1.807) is 16.2 Å². The van der Waals surface area contributed by atoms with Crippen LogP contribution in [0.1, 0.15) is 32.7 Å². The summed E-state index contributed by atoms with van der Waals surface area (Å²) in [5.41, 5.74) is 1.86. The Balaban J connectivity index is 1.89. The Labute approximate surface area is 124 Å². The zero-order valence-corrected chi connectivity index (χ0v) is 12.8. The van der Waals surface area contributed by atoms with Gasteiger partial charge in [-0.25, -0.2) is 4.79 Å². The quantitative estimate of drug-likeness (QED) is 0.869. The molecule has 1 unspecified atom stereocenters. The largest absolute Gasteiger partial charge is 0.491 e. The molecule has 3 rings (SSSR count). The van der Waals surface area contributed by atoms with Crippen molar-refractivity contribution in [2.45, 2.75) is 38.8 Å². The Kier molecular flexibility index (Phi) is 3.76. The van der Waals surface area contributed by atoms with Crippen LogP contribution in [0.2, 0.25) is 0 Å². The molecule has 1 saturated heterocycles. The van der Waals surface area contributed by atoms with Crippen molar-refractivity contribution in [1.29, 1.82) is 0 Å². The predicted molar refractivity (Wildman–Crippen MR) is 82.0 cm³/mol. The average molecular weight is 290 g/mol. The highest BCUT2D eigenvalue weighted by Gasteiger charge is 2.17. The van der Waals surface area contributed by atoms with Crippen LogP contribution in [0.5, 0.6) is 5.75 Å². The lowest BCUT2D eigenvalue weighted by atomic mass is 10.2. The van der Waals surface area contributed by atoms with E-state index < -0.39 is 0 Å². The molecule has 0 spiro atoms. The second kappa shape index (κ2) is 5.56. The Bertz CT molecular complexity index is 693. The fourth-order valence-electron chi connectivity index (χ4n) is 2.90. The van der Waals surface area contributed by atoms with E-state index in [4.69, 9.17) is 9.47 Å². The predicted octanol–water partition coefficient (Wildman–Crippen LogP) is 2.48. The highest BCUT2D eigenvalue weighted by atomic mass is 16.5. The van der Waals surface area contributed by atoms with Crippen LogP contribution in [0, 0.1) is 0 Å². The van der Waals surface area contributed by atoms with Crippen molar-refractivity contribution in [1.82, 2.24) is 9.13 Å². The van der Waals surface area contributed by atoms with Gasteiger partial charge in [0.1, 0.15) is 12.4 Å². The van der Waals surface area contributed by atoms with E-state index >= 15 is 0 Å². The van der Waals surface area contributed by atoms with Crippen LogP contribution >= 0.6 is 0 Å². The van der Waals surface area contributed by atoms with E-state index in [-0.39, 0.29) is 17.8 Å². The van der Waals surface area contributed by atoms with Crippen molar-refractivity contribution in [3.8, 4) is 5.75 Å². The van der Waals surface area contributed by atoms with Crippen molar-refractivity contribution < 1.29 is 9.47 Å². The maximum atomic E-state index is 12.3. The monoisotopic (exact) mass is 290 g/mol. The molecule has 0 radical (unpaired) electrons. The van der Waals surface area contributed by atoms with Gasteiger partial charge in [0.2, 0.25) is 0 Å². The molecule has 0 amide bonds. The van der Waals surface area contributed by atoms with Crippen LogP contribution in [0.15, 0.2) is 23.0 Å². The van der Waals surface area contributed by atoms with Gasteiger partial charge < -0.3 is 9.47 Å². The second-order valence-corrected chi connectivity index (χ2v) is 5.90. The molecule has 0 bridgehead atoms. The zero-order valence-electron chi connectivity index (χ0n) is 12.8. The van der Waals surface area contributed by atoms with Crippen molar-refractivity contribution in [3.63, 3.8) is 0 Å². The lowest BCUT2D eigenvalue weighted by Crippen LogP contribution is -2.23. The Morgan fingerprint density at radius 2 is 2.19 bits per heavy atom. The summed E-state index contributed by atoms with van der Waals surface area (Å²) >= 11 is 0. The maximum Gasteiger partial charge on any atom is 0.329 e. The Morgan fingerprint density at radius 3 is 2.86 bits per heavy atom. The summed E-state index contributed by atoms with van der Waals surface area (Å²) < 4.78 is 14.8. The molecule has 21 heavy (non-hydrogen) atoms. The SMILES string of the molecule is CC(C)n1c(=O)n(C)c2cc(OCC3CCCO3)ccc21. The maximum absolute atomic E-state index is 12.3. The number of hydrogen-bond donors (Lipinski definition) is 0. The number of nitrogens with zero attached hydrogens (tertiary/aromatic N) is 2. The van der Waals surface area contributed by atoms with Gasteiger partial charge in [-0.05, 0) is 38.8 Å². The topological polar surface area (TPSA) is 45.4 Å². The van der Waals surface area contributed by atoms with E-state index in [1.807, 2.05) is 32.0 Å². The standard InChI is InChI=1S/C16H22N2O3/c1-11(2)18-14-7-6-12(9-15(14)17(3)16(18)19)21-10-13-5-4-8-20-13/h6-7,9,11,13H,4-5,8,10H2,1-3H3. The number of fused-ring (bicyclic) bond motifs is 1. The average Bonchev–Trinajstić information content (AvgIpc) is 3.05. The molecule has 1 aromatic heterocycles. The summed E-state index contributed by atoms with van der Waals surface area (Å²) in [7, 11) is 1.80. The molecule has 5 nitrogen and oxygen atoms in total. The molecule has 0 saturated carbocycles. The number of aryl methyl sites for hydroxylation is 1. The molecule has 2 aromatic rings. The number of rotatable bonds is 4. The first-order valence-electron chi connectivity index (χ1n) is 7.53. The smallest absolute Gasteiger partial charge is 0.329 e. The summed E-state index contributed by atoms with van der Waals surface area (Å²) in [6.45, 7) is 5.44. The fourth-order valence-corrected chi connectivity index (χ4v) is 2.90. The minimum Gasteiger partial charge on any atom is -0.491 e. The molecular formula is C16H22N2O3. The minimum atomic E-state index is 0.0104. The lowest BCUT2D eigenvalue weighted by Gasteiger charge is -2.12. The van der Waals surface area contributed by atoms with Crippen LogP contribution in [-0.4, -0.2) is 28.5 Å². The number of benzene rings is 1. The molecular weight excluding hydrogens is 268 g/mol. The van der Waals surface area contributed by atoms with Crippen LogP contribution in [0.3, 0.4) is 0 Å². The van der Waals surface area contributed by atoms with Crippen LogP contribution in [0.25, 0.3) is 11.0 Å². The van der Waals surface area contributed by atoms with E-state index in [9.17, 15) is 4.79 Å². The molecule has 0 aliphatic carbocycles. The van der Waals surface area contributed by atoms with Crippen molar-refractivity contribution in [3.05, 3.63) is 28.7 Å². The van der Waals surface area contributed by atoms with Gasteiger partial charge in [-0.15, -0.1) is 0 Å². The second-order valence-electron chi connectivity index (χ2n) is 5.90. The van der Waals surface area contributed by atoms with Crippen LogP contribution in [0.4, 0.5) is 0 Å². The van der Waals surface area contributed by atoms with Crippen molar-refractivity contribution in [2.75, 3.05) is 13.2 Å².